The van der Waals surface area contributed by atoms with Crippen LogP contribution in [0.3, 0.4) is 0 Å². The van der Waals surface area contributed by atoms with Crippen molar-refractivity contribution in [2.24, 2.45) is 11.3 Å². The van der Waals surface area contributed by atoms with Crippen molar-refractivity contribution in [2.45, 2.75) is 143 Å². The van der Waals surface area contributed by atoms with E-state index in [4.69, 9.17) is 0 Å². The molecule has 1 atom stereocenters. The lowest BCUT2D eigenvalue weighted by atomic mass is 9.82. The summed E-state index contributed by atoms with van der Waals surface area (Å²) in [6.45, 7) is 13.7. The van der Waals surface area contributed by atoms with Gasteiger partial charge in [-0.3, -0.25) is 0 Å². The average Bonchev–Trinajstić information content (AvgIpc) is 2.78. The van der Waals surface area contributed by atoms with Gasteiger partial charge < -0.3 is 4.90 Å². The summed E-state index contributed by atoms with van der Waals surface area (Å²) in [6.07, 6.45) is 26.2. The molecule has 0 radical (unpaired) electrons. The van der Waals surface area contributed by atoms with Gasteiger partial charge in [0.25, 0.3) is 0 Å². The molecule has 0 aliphatic carbocycles. The van der Waals surface area contributed by atoms with Crippen LogP contribution in [0, 0.1) is 11.3 Å². The van der Waals surface area contributed by atoms with E-state index in [1.165, 1.54) is 135 Å². The molecule has 1 fully saturated rings. The molecule has 1 rings (SSSR count). The first-order chi connectivity index (χ1) is 13.5. The van der Waals surface area contributed by atoms with Crippen LogP contribution in [0.1, 0.15) is 143 Å². The van der Waals surface area contributed by atoms with Gasteiger partial charge in [-0.25, -0.2) is 0 Å². The van der Waals surface area contributed by atoms with Gasteiger partial charge in [-0.15, -0.1) is 0 Å². The molecule has 1 aliphatic rings. The quantitative estimate of drug-likeness (QED) is 0.223. The van der Waals surface area contributed by atoms with E-state index in [1.54, 1.807) is 0 Å². The minimum absolute atomic E-state index is 0.558. The van der Waals surface area contributed by atoms with E-state index in [0.717, 1.165) is 5.92 Å². The Bertz CT molecular complexity index is 335. The molecular formula is C27H55N. The van der Waals surface area contributed by atoms with E-state index in [1.807, 2.05) is 0 Å². The molecule has 0 saturated carbocycles. The lowest BCUT2D eigenvalue weighted by molar-refractivity contribution is 0.249. The Hall–Kier alpha value is -0.0400. The average molecular weight is 394 g/mol. The third kappa shape index (κ3) is 14.9. The van der Waals surface area contributed by atoms with E-state index in [2.05, 4.69) is 32.6 Å². The Kier molecular flexibility index (Phi) is 15.5. The van der Waals surface area contributed by atoms with E-state index in [0.29, 0.717) is 5.41 Å². The van der Waals surface area contributed by atoms with Gasteiger partial charge in [0, 0.05) is 6.54 Å². The van der Waals surface area contributed by atoms with Gasteiger partial charge in [-0.1, -0.05) is 124 Å². The van der Waals surface area contributed by atoms with E-state index in [9.17, 15) is 0 Å². The van der Waals surface area contributed by atoms with Crippen LogP contribution in [0.2, 0.25) is 0 Å². The van der Waals surface area contributed by atoms with Crippen molar-refractivity contribution >= 4 is 0 Å². The summed E-state index contributed by atoms with van der Waals surface area (Å²) in [4.78, 5) is 2.75. The highest BCUT2D eigenvalue weighted by atomic mass is 15.1. The monoisotopic (exact) mass is 393 g/mol. The minimum Gasteiger partial charge on any atom is -0.303 e. The van der Waals surface area contributed by atoms with Crippen LogP contribution >= 0.6 is 0 Å². The first kappa shape index (κ1) is 26.0. The number of likely N-dealkylation sites (tertiary alicyclic amines) is 1. The third-order valence-corrected chi connectivity index (χ3v) is 6.90. The van der Waals surface area contributed by atoms with Crippen LogP contribution in [0.4, 0.5) is 0 Å². The zero-order chi connectivity index (χ0) is 20.5. The molecule has 28 heavy (non-hydrogen) atoms. The Morgan fingerprint density at radius 3 is 1.57 bits per heavy atom. The van der Waals surface area contributed by atoms with Crippen LogP contribution < -0.4 is 0 Å². The van der Waals surface area contributed by atoms with Crippen LogP contribution in [-0.4, -0.2) is 24.5 Å². The summed E-state index contributed by atoms with van der Waals surface area (Å²) < 4.78 is 0. The maximum Gasteiger partial charge on any atom is 0.000722 e. The van der Waals surface area contributed by atoms with Gasteiger partial charge in [0.15, 0.2) is 0 Å². The summed E-state index contributed by atoms with van der Waals surface area (Å²) in [5, 5.41) is 0. The molecule has 1 heteroatoms. The molecular weight excluding hydrogens is 338 g/mol. The van der Waals surface area contributed by atoms with E-state index >= 15 is 0 Å². The molecule has 0 aromatic heterocycles. The maximum absolute atomic E-state index is 2.75. The molecule has 0 aromatic rings. The Balaban J connectivity index is 1.81. The Morgan fingerprint density at radius 2 is 1.11 bits per heavy atom. The second kappa shape index (κ2) is 16.7. The van der Waals surface area contributed by atoms with Gasteiger partial charge in [0.05, 0.1) is 0 Å². The number of rotatable bonds is 17. The molecule has 0 N–H and O–H groups in total. The van der Waals surface area contributed by atoms with E-state index in [-0.39, 0.29) is 0 Å². The fraction of sp³-hybridized carbons (Fsp3) is 1.00. The molecule has 168 valence electrons. The number of unbranched alkanes of at least 4 members (excludes halogenated alkanes) is 15. The predicted molar refractivity (Wildman–Crippen MR) is 128 cm³/mol. The molecule has 0 amide bonds. The predicted octanol–water partition coefficient (Wildman–Crippen LogP) is 9.01. The first-order valence-corrected chi connectivity index (χ1v) is 13.3. The standard InChI is InChI=1S/C27H55N/c1-5-6-7-8-9-10-11-12-13-14-15-16-17-18-19-20-22-28-23-21-27(3,4)24-26(2)25-28/h26H,5-25H2,1-4H3. The van der Waals surface area contributed by atoms with Crippen molar-refractivity contribution in [3.63, 3.8) is 0 Å². The summed E-state index contributed by atoms with van der Waals surface area (Å²) >= 11 is 0. The molecule has 1 heterocycles. The van der Waals surface area contributed by atoms with Crippen LogP contribution in [-0.2, 0) is 0 Å². The van der Waals surface area contributed by atoms with Crippen molar-refractivity contribution in [1.29, 1.82) is 0 Å². The summed E-state index contributed by atoms with van der Waals surface area (Å²) in [7, 11) is 0. The lowest BCUT2D eigenvalue weighted by Crippen LogP contribution is -2.28. The van der Waals surface area contributed by atoms with Gasteiger partial charge in [-0.05, 0) is 43.7 Å². The number of hydrogen-bond donors (Lipinski definition) is 0. The molecule has 1 saturated heterocycles. The van der Waals surface area contributed by atoms with Crippen molar-refractivity contribution in [1.82, 2.24) is 4.90 Å². The second-order valence-electron chi connectivity index (χ2n) is 10.8. The SMILES string of the molecule is CCCCCCCCCCCCCCCCCCN1CCC(C)(C)CC(C)C1. The zero-order valence-electron chi connectivity index (χ0n) is 20.4. The molecule has 1 aliphatic heterocycles. The summed E-state index contributed by atoms with van der Waals surface area (Å²) in [5.41, 5.74) is 0.558. The maximum atomic E-state index is 2.75. The largest absolute Gasteiger partial charge is 0.303 e. The van der Waals surface area contributed by atoms with Gasteiger partial charge in [0.1, 0.15) is 0 Å². The van der Waals surface area contributed by atoms with Crippen molar-refractivity contribution in [3.05, 3.63) is 0 Å². The molecule has 0 aromatic carbocycles. The minimum atomic E-state index is 0.558. The zero-order valence-corrected chi connectivity index (χ0v) is 20.4. The van der Waals surface area contributed by atoms with Gasteiger partial charge in [0.2, 0.25) is 0 Å². The van der Waals surface area contributed by atoms with Gasteiger partial charge >= 0.3 is 0 Å². The topological polar surface area (TPSA) is 3.24 Å². The number of hydrogen-bond acceptors (Lipinski definition) is 1. The van der Waals surface area contributed by atoms with Gasteiger partial charge in [-0.2, -0.15) is 0 Å². The van der Waals surface area contributed by atoms with Crippen LogP contribution in [0.25, 0.3) is 0 Å². The normalized spacial score (nSPS) is 20.4. The highest BCUT2D eigenvalue weighted by Crippen LogP contribution is 2.32. The smallest absolute Gasteiger partial charge is 0.000722 e. The van der Waals surface area contributed by atoms with Crippen LogP contribution in [0.15, 0.2) is 0 Å². The Labute approximate surface area is 179 Å². The van der Waals surface area contributed by atoms with Crippen LogP contribution in [0.5, 0.6) is 0 Å². The summed E-state index contributed by atoms with van der Waals surface area (Å²) in [6, 6.07) is 0. The van der Waals surface area contributed by atoms with Crippen molar-refractivity contribution in [3.8, 4) is 0 Å². The lowest BCUT2D eigenvalue weighted by Gasteiger charge is -2.23. The van der Waals surface area contributed by atoms with E-state index < -0.39 is 0 Å². The highest BCUT2D eigenvalue weighted by molar-refractivity contribution is 4.79. The fourth-order valence-electron chi connectivity index (χ4n) is 5.19. The number of nitrogens with zero attached hydrogens (tertiary/aromatic N) is 1. The molecule has 0 spiro atoms. The Morgan fingerprint density at radius 1 is 0.679 bits per heavy atom. The summed E-state index contributed by atoms with van der Waals surface area (Å²) in [5.74, 6) is 0.874. The molecule has 0 bridgehead atoms. The first-order valence-electron chi connectivity index (χ1n) is 13.3. The van der Waals surface area contributed by atoms with Crippen molar-refractivity contribution in [2.75, 3.05) is 19.6 Å². The third-order valence-electron chi connectivity index (χ3n) is 6.90. The highest BCUT2D eigenvalue weighted by Gasteiger charge is 2.26. The fourth-order valence-corrected chi connectivity index (χ4v) is 5.19. The second-order valence-corrected chi connectivity index (χ2v) is 10.8. The molecule has 1 nitrogen and oxygen atoms in total. The molecule has 1 unspecified atom stereocenters. The van der Waals surface area contributed by atoms with Crippen molar-refractivity contribution < 1.29 is 0 Å².